The molecule has 0 bridgehead atoms. The quantitative estimate of drug-likeness (QED) is 0.253. The highest BCUT2D eigenvalue weighted by Crippen LogP contribution is 2.38. The summed E-state index contributed by atoms with van der Waals surface area (Å²) in [6, 6.07) is 28.1. The average molecular weight is 601 g/mol. The summed E-state index contributed by atoms with van der Waals surface area (Å²) in [7, 11) is 0. The van der Waals surface area contributed by atoms with Crippen molar-refractivity contribution in [3.05, 3.63) is 107 Å². The fourth-order valence-electron chi connectivity index (χ4n) is 5.79. The van der Waals surface area contributed by atoms with Gasteiger partial charge in [0.05, 0.1) is 25.1 Å². The Morgan fingerprint density at radius 1 is 0.841 bits per heavy atom. The first-order valence-corrected chi connectivity index (χ1v) is 15.5. The molecule has 0 radical (unpaired) electrons. The van der Waals surface area contributed by atoms with E-state index in [9.17, 15) is 14.7 Å². The number of aliphatic hydroxyl groups is 1. The number of ether oxygens (including phenoxy) is 2. The topological polar surface area (TPSA) is 79.3 Å². The van der Waals surface area contributed by atoms with Crippen molar-refractivity contribution >= 4 is 12.1 Å². The Balaban J connectivity index is 1.70. The minimum atomic E-state index is -0.633. The molecule has 1 aliphatic rings. The summed E-state index contributed by atoms with van der Waals surface area (Å²) in [5, 5.41) is 10.5. The number of hydrogen-bond donors (Lipinski definition) is 1. The first-order chi connectivity index (χ1) is 20.7. The predicted molar refractivity (Wildman–Crippen MR) is 173 cm³/mol. The van der Waals surface area contributed by atoms with E-state index in [4.69, 9.17) is 9.47 Å². The molecule has 3 aromatic carbocycles. The van der Waals surface area contributed by atoms with E-state index in [0.717, 1.165) is 22.3 Å². The van der Waals surface area contributed by atoms with E-state index in [1.165, 1.54) is 0 Å². The van der Waals surface area contributed by atoms with Crippen molar-refractivity contribution in [2.75, 3.05) is 6.54 Å². The van der Waals surface area contributed by atoms with Gasteiger partial charge in [0.2, 0.25) is 0 Å². The minimum Gasteiger partial charge on any atom is -0.460 e. The molecule has 0 aromatic heterocycles. The molecule has 236 valence electrons. The van der Waals surface area contributed by atoms with Crippen LogP contribution in [0.1, 0.15) is 102 Å². The summed E-state index contributed by atoms with van der Waals surface area (Å²) in [6.07, 6.45) is -0.449. The van der Waals surface area contributed by atoms with E-state index < -0.39 is 23.4 Å². The zero-order valence-corrected chi connectivity index (χ0v) is 27.2. The Labute approximate surface area is 262 Å². The zero-order chi connectivity index (χ0) is 32.1. The van der Waals surface area contributed by atoms with Crippen LogP contribution in [0.25, 0.3) is 0 Å². The van der Waals surface area contributed by atoms with E-state index >= 15 is 0 Å². The van der Waals surface area contributed by atoms with Gasteiger partial charge < -0.3 is 14.6 Å². The molecule has 4 atom stereocenters. The number of rotatable bonds is 9. The number of β-amino-alcohol motifs (C(OH)–C–C–N with tert-alkyl or cyclic N) is 1. The van der Waals surface area contributed by atoms with Gasteiger partial charge in [-0.3, -0.25) is 14.6 Å². The van der Waals surface area contributed by atoms with Gasteiger partial charge in [-0.2, -0.15) is 0 Å². The van der Waals surface area contributed by atoms with Crippen LogP contribution >= 0.6 is 0 Å². The molecule has 1 fully saturated rings. The van der Waals surface area contributed by atoms with Gasteiger partial charge in [-0.05, 0) is 77.1 Å². The maximum absolute atomic E-state index is 13.4. The monoisotopic (exact) mass is 600 g/mol. The molecule has 4 rings (SSSR count). The number of aliphatic hydroxyl groups excluding tert-OH is 1. The molecule has 0 unspecified atom stereocenters. The van der Waals surface area contributed by atoms with Gasteiger partial charge in [0.1, 0.15) is 11.2 Å². The zero-order valence-electron chi connectivity index (χ0n) is 27.2. The van der Waals surface area contributed by atoms with E-state index in [-0.39, 0.29) is 37.1 Å². The van der Waals surface area contributed by atoms with Gasteiger partial charge in [0, 0.05) is 18.6 Å². The molecule has 0 saturated carbocycles. The van der Waals surface area contributed by atoms with Gasteiger partial charge >= 0.3 is 12.1 Å². The molecule has 1 amide bonds. The Hall–Kier alpha value is -3.68. The largest absolute Gasteiger partial charge is 0.460 e. The van der Waals surface area contributed by atoms with Crippen molar-refractivity contribution < 1.29 is 24.2 Å². The van der Waals surface area contributed by atoms with Crippen molar-refractivity contribution in [2.24, 2.45) is 0 Å². The molecule has 44 heavy (non-hydrogen) atoms. The molecule has 1 heterocycles. The fraction of sp³-hybridized carbons (Fsp3) is 0.459. The van der Waals surface area contributed by atoms with Gasteiger partial charge in [-0.1, -0.05) is 84.9 Å². The first kappa shape index (κ1) is 33.2. The van der Waals surface area contributed by atoms with E-state index in [1.807, 2.05) is 102 Å². The van der Waals surface area contributed by atoms with Crippen LogP contribution in [0.2, 0.25) is 0 Å². The van der Waals surface area contributed by atoms with Gasteiger partial charge in [-0.15, -0.1) is 0 Å². The highest BCUT2D eigenvalue weighted by atomic mass is 16.6. The van der Waals surface area contributed by atoms with Crippen molar-refractivity contribution in [2.45, 2.75) is 103 Å². The number of amides is 1. The minimum absolute atomic E-state index is 0.00356. The molecule has 1 aliphatic heterocycles. The third-order valence-electron chi connectivity index (χ3n) is 7.78. The van der Waals surface area contributed by atoms with Gasteiger partial charge in [-0.25, -0.2) is 4.79 Å². The summed E-state index contributed by atoms with van der Waals surface area (Å²) >= 11 is 0. The third kappa shape index (κ3) is 9.16. The van der Waals surface area contributed by atoms with Crippen LogP contribution in [-0.4, -0.2) is 50.8 Å². The normalized spacial score (nSPS) is 18.6. The number of hydrogen-bond acceptors (Lipinski definition) is 6. The Morgan fingerprint density at radius 3 is 1.98 bits per heavy atom. The highest BCUT2D eigenvalue weighted by molar-refractivity contribution is 5.71. The Kier molecular flexibility index (Phi) is 10.5. The lowest BCUT2D eigenvalue weighted by atomic mass is 9.94. The summed E-state index contributed by atoms with van der Waals surface area (Å²) in [4.78, 5) is 30.3. The second-order valence-electron chi connectivity index (χ2n) is 13.8. The van der Waals surface area contributed by atoms with Crippen LogP contribution in [0.4, 0.5) is 4.79 Å². The smallest absolute Gasteiger partial charge is 0.410 e. The molecular weight excluding hydrogens is 552 g/mol. The second-order valence-corrected chi connectivity index (χ2v) is 13.8. The number of benzene rings is 3. The van der Waals surface area contributed by atoms with Crippen LogP contribution in [0.5, 0.6) is 0 Å². The Morgan fingerprint density at radius 2 is 1.41 bits per heavy atom. The summed E-state index contributed by atoms with van der Waals surface area (Å²) in [6.45, 7) is 14.2. The van der Waals surface area contributed by atoms with E-state index in [2.05, 4.69) is 36.1 Å². The average Bonchev–Trinajstić information content (AvgIpc) is 3.36. The number of nitrogens with zero attached hydrogens (tertiary/aromatic N) is 2. The molecule has 1 saturated heterocycles. The molecular formula is C37H48N2O5. The van der Waals surface area contributed by atoms with E-state index in [1.54, 1.807) is 4.90 Å². The molecule has 0 aliphatic carbocycles. The lowest BCUT2D eigenvalue weighted by Gasteiger charge is -2.37. The second kappa shape index (κ2) is 14.0. The maximum atomic E-state index is 13.4. The van der Waals surface area contributed by atoms with Gasteiger partial charge in [0.15, 0.2) is 0 Å². The summed E-state index contributed by atoms with van der Waals surface area (Å²) in [5.74, 6) is -0.264. The molecule has 3 aromatic rings. The standard InChI is InChI=1S/C37H48N2O5/c1-26(28-16-12-9-13-17-28)38(24-27-14-10-8-11-15-27)33(23-34(41)43-36(2,3)4)30-20-18-29(19-21-30)32-22-31(40)25-39(32)35(42)44-37(5,6)7/h8-21,26,31-33,40H,22-25H2,1-7H3/t26-,31+,32+,33+/m0/s1. The van der Waals surface area contributed by atoms with Crippen molar-refractivity contribution in [3.63, 3.8) is 0 Å². The van der Waals surface area contributed by atoms with Crippen LogP contribution in [-0.2, 0) is 20.8 Å². The lowest BCUT2D eigenvalue weighted by Crippen LogP contribution is -2.37. The predicted octanol–water partition coefficient (Wildman–Crippen LogP) is 7.77. The van der Waals surface area contributed by atoms with Crippen molar-refractivity contribution in [3.8, 4) is 0 Å². The van der Waals surface area contributed by atoms with Crippen LogP contribution in [0.3, 0.4) is 0 Å². The van der Waals surface area contributed by atoms with Crippen LogP contribution < -0.4 is 0 Å². The number of carbonyl (C=O) groups is 2. The highest BCUT2D eigenvalue weighted by Gasteiger charge is 2.38. The van der Waals surface area contributed by atoms with Crippen LogP contribution in [0.15, 0.2) is 84.9 Å². The number of carbonyl (C=O) groups excluding carboxylic acids is 2. The summed E-state index contributed by atoms with van der Waals surface area (Å²) < 4.78 is 11.5. The first-order valence-electron chi connectivity index (χ1n) is 15.5. The van der Waals surface area contributed by atoms with Gasteiger partial charge in [0.25, 0.3) is 0 Å². The molecule has 1 N–H and O–H groups in total. The third-order valence-corrected chi connectivity index (χ3v) is 7.78. The Bertz CT molecular complexity index is 1360. The summed E-state index contributed by atoms with van der Waals surface area (Å²) in [5.41, 5.74) is 2.95. The molecule has 0 spiro atoms. The van der Waals surface area contributed by atoms with E-state index in [0.29, 0.717) is 13.0 Å². The number of likely N-dealkylation sites (tertiary alicyclic amines) is 1. The molecule has 7 nitrogen and oxygen atoms in total. The molecule has 7 heteroatoms. The van der Waals surface area contributed by atoms with Crippen molar-refractivity contribution in [1.29, 1.82) is 0 Å². The fourth-order valence-corrected chi connectivity index (χ4v) is 5.79. The maximum Gasteiger partial charge on any atom is 0.410 e. The SMILES string of the molecule is C[C@@H](c1ccccc1)N(Cc1ccccc1)[C@H](CC(=O)OC(C)(C)C)c1ccc([C@H]2C[C@@H](O)CN2C(=O)OC(C)(C)C)cc1. The van der Waals surface area contributed by atoms with Crippen molar-refractivity contribution in [1.82, 2.24) is 9.80 Å². The van der Waals surface area contributed by atoms with Crippen LogP contribution in [0, 0.1) is 0 Å². The number of esters is 1. The lowest BCUT2D eigenvalue weighted by molar-refractivity contribution is -0.156.